The first kappa shape index (κ1) is 41.6. The first-order valence-electron chi connectivity index (χ1n) is 21.1. The van der Waals surface area contributed by atoms with Crippen LogP contribution < -0.4 is 16.1 Å². The molecule has 0 radical (unpaired) electrons. The number of likely N-dealkylation sites (tertiary alicyclic amines) is 1. The van der Waals surface area contributed by atoms with E-state index in [0.717, 1.165) is 93.7 Å². The molecule has 1 unspecified atom stereocenters. The zero-order valence-corrected chi connectivity index (χ0v) is 34.4. The highest BCUT2D eigenvalue weighted by Gasteiger charge is 2.48. The van der Waals surface area contributed by atoms with Gasteiger partial charge in [0.2, 0.25) is 11.8 Å². The van der Waals surface area contributed by atoms with Crippen molar-refractivity contribution in [2.24, 2.45) is 11.3 Å². The van der Waals surface area contributed by atoms with Gasteiger partial charge in [0, 0.05) is 54.3 Å². The maximum atomic E-state index is 13.5. The van der Waals surface area contributed by atoms with E-state index < -0.39 is 58.7 Å². The fraction of sp³-hybridized carbons (Fsp3) is 0.477. The van der Waals surface area contributed by atoms with Crippen molar-refractivity contribution in [3.8, 4) is 0 Å². The number of aliphatic hydroxyl groups is 1. The molecule has 2 aromatic heterocycles. The lowest BCUT2D eigenvalue weighted by atomic mass is 9.72. The van der Waals surface area contributed by atoms with Gasteiger partial charge < -0.3 is 20.7 Å². The summed E-state index contributed by atoms with van der Waals surface area (Å²) >= 11 is 0. The number of hydrogen-bond acceptors (Lipinski definition) is 11. The van der Waals surface area contributed by atoms with E-state index in [9.17, 15) is 42.3 Å². The number of imide groups is 2. The third-order valence-electron chi connectivity index (χ3n) is 13.3. The van der Waals surface area contributed by atoms with Crippen LogP contribution in [0.4, 0.5) is 24.5 Å². The molecule has 4 aromatic rings. The lowest BCUT2D eigenvalue weighted by Gasteiger charge is -2.54. The summed E-state index contributed by atoms with van der Waals surface area (Å²) < 4.78 is 41.8. The molecule has 3 saturated heterocycles. The van der Waals surface area contributed by atoms with Gasteiger partial charge in [-0.2, -0.15) is 18.3 Å². The normalized spacial score (nSPS) is 23.4. The number of rotatable bonds is 9. The van der Waals surface area contributed by atoms with Crippen molar-refractivity contribution >= 4 is 51.8 Å². The molecule has 1 atom stereocenters. The largest absolute Gasteiger partial charge is 0.433 e. The Balaban J connectivity index is 0.766. The standard InChI is InChI=1S/C44H48F3N9O6/c1-42(2,62)29-20-32-26(19-33(29)49-38(58)31-7-4-8-35(48-31)44(45,46)47)22-55(52-32)27-11-9-25(10-12-27)21-53-17-15-43(16-18-53)23-54(24-43)51-30-6-3-5-28-37(30)41(61)56(40(28)60)34-13-14-36(57)50-39(34)59/h3-8,19-20,22,25,27,34,51,62H,9-18,21,23-24H2,1-2H3,(H,49,58)(H,50,57,59)/t25-,27-,34?. The third kappa shape index (κ3) is 7.94. The van der Waals surface area contributed by atoms with Crippen LogP contribution in [-0.4, -0.2) is 103 Å². The van der Waals surface area contributed by atoms with Crippen LogP contribution in [0.3, 0.4) is 0 Å². The topological polar surface area (TPSA) is 182 Å². The number of anilines is 2. The predicted octanol–water partition coefficient (Wildman–Crippen LogP) is 5.49. The highest BCUT2D eigenvalue weighted by Crippen LogP contribution is 2.43. The number of nitrogens with one attached hydrogen (secondary N) is 3. The highest BCUT2D eigenvalue weighted by atomic mass is 19.4. The maximum Gasteiger partial charge on any atom is 0.433 e. The van der Waals surface area contributed by atoms with Crippen LogP contribution >= 0.6 is 0 Å². The van der Waals surface area contributed by atoms with Gasteiger partial charge in [0.25, 0.3) is 17.7 Å². The number of hydrazine groups is 1. The quantitative estimate of drug-likeness (QED) is 0.156. The molecule has 0 bridgehead atoms. The van der Waals surface area contributed by atoms with Crippen molar-refractivity contribution in [1.82, 2.24) is 34.9 Å². The average Bonchev–Trinajstić information content (AvgIpc) is 3.75. The van der Waals surface area contributed by atoms with Gasteiger partial charge in [-0.25, -0.2) is 9.99 Å². The molecule has 1 aliphatic carbocycles. The van der Waals surface area contributed by atoms with E-state index in [1.807, 2.05) is 10.9 Å². The van der Waals surface area contributed by atoms with Crippen LogP contribution in [0.5, 0.6) is 0 Å². The van der Waals surface area contributed by atoms with Crippen LogP contribution in [0.15, 0.2) is 54.7 Å². The Bertz CT molecular complexity index is 2480. The summed E-state index contributed by atoms with van der Waals surface area (Å²) in [7, 11) is 0. The second kappa shape index (κ2) is 15.6. The number of carbonyl (C=O) groups excluding carboxylic acids is 5. The first-order valence-corrected chi connectivity index (χ1v) is 21.1. The van der Waals surface area contributed by atoms with Crippen molar-refractivity contribution in [3.05, 3.63) is 82.8 Å². The first-order chi connectivity index (χ1) is 29.4. The third-order valence-corrected chi connectivity index (χ3v) is 13.3. The van der Waals surface area contributed by atoms with Gasteiger partial charge in [0.15, 0.2) is 0 Å². The monoisotopic (exact) mass is 855 g/mol. The smallest absolute Gasteiger partial charge is 0.386 e. The summed E-state index contributed by atoms with van der Waals surface area (Å²) in [5, 5.41) is 23.6. The summed E-state index contributed by atoms with van der Waals surface area (Å²) in [4.78, 5) is 71.2. The van der Waals surface area contributed by atoms with Gasteiger partial charge in [0.05, 0.1) is 34.0 Å². The van der Waals surface area contributed by atoms with Gasteiger partial charge in [-0.1, -0.05) is 12.1 Å². The summed E-state index contributed by atoms with van der Waals surface area (Å²) in [5.41, 5.74) is 2.90. The number of carbonyl (C=O) groups is 5. The predicted molar refractivity (Wildman–Crippen MR) is 220 cm³/mol. The van der Waals surface area contributed by atoms with Crippen LogP contribution in [0.2, 0.25) is 0 Å². The fourth-order valence-corrected chi connectivity index (χ4v) is 9.90. The molecule has 6 heterocycles. The number of alkyl halides is 3. The number of aromatic nitrogens is 3. The Hall–Kier alpha value is -5.72. The summed E-state index contributed by atoms with van der Waals surface area (Å²) in [6.45, 7) is 7.78. The zero-order chi connectivity index (χ0) is 43.7. The van der Waals surface area contributed by atoms with Gasteiger partial charge in [0.1, 0.15) is 17.4 Å². The van der Waals surface area contributed by atoms with E-state index in [1.165, 1.54) is 6.07 Å². The van der Waals surface area contributed by atoms with Gasteiger partial charge in [-0.05, 0) is 114 Å². The number of nitrogens with zero attached hydrogens (tertiary/aromatic N) is 6. The highest BCUT2D eigenvalue weighted by molar-refractivity contribution is 6.25. The fourth-order valence-electron chi connectivity index (χ4n) is 9.90. The Morgan fingerprint density at radius 3 is 2.35 bits per heavy atom. The van der Waals surface area contributed by atoms with Crippen LogP contribution in [0.25, 0.3) is 10.9 Å². The number of benzene rings is 2. The van der Waals surface area contributed by atoms with Gasteiger partial charge in [-0.15, -0.1) is 0 Å². The van der Waals surface area contributed by atoms with Crippen LogP contribution in [-0.2, 0) is 21.4 Å². The van der Waals surface area contributed by atoms with E-state index in [0.29, 0.717) is 22.7 Å². The minimum Gasteiger partial charge on any atom is -0.386 e. The van der Waals surface area contributed by atoms with Gasteiger partial charge in [-0.3, -0.25) is 38.9 Å². The minimum atomic E-state index is -4.70. The Labute approximate surface area is 355 Å². The summed E-state index contributed by atoms with van der Waals surface area (Å²) in [5.74, 6) is -2.38. The maximum absolute atomic E-state index is 13.5. The van der Waals surface area contributed by atoms with Crippen LogP contribution in [0.1, 0.15) is 114 Å². The Morgan fingerprint density at radius 2 is 1.66 bits per heavy atom. The van der Waals surface area contributed by atoms with Crippen molar-refractivity contribution in [3.63, 3.8) is 0 Å². The lowest BCUT2D eigenvalue weighted by molar-refractivity contribution is -0.141. The molecule has 62 heavy (non-hydrogen) atoms. The zero-order valence-electron chi connectivity index (χ0n) is 34.4. The number of amides is 5. The average molecular weight is 856 g/mol. The van der Waals surface area contributed by atoms with Crippen molar-refractivity contribution in [2.75, 3.05) is 43.5 Å². The van der Waals surface area contributed by atoms with E-state index in [1.54, 1.807) is 44.2 Å². The number of piperidine rings is 2. The molecule has 326 valence electrons. The van der Waals surface area contributed by atoms with Crippen molar-refractivity contribution < 1.29 is 42.3 Å². The molecular weight excluding hydrogens is 808 g/mol. The molecule has 1 spiro atoms. The molecule has 9 rings (SSSR count). The van der Waals surface area contributed by atoms with Crippen molar-refractivity contribution in [2.45, 2.75) is 89.1 Å². The number of fused-ring (bicyclic) bond motifs is 2. The molecule has 15 nitrogen and oxygen atoms in total. The summed E-state index contributed by atoms with van der Waals surface area (Å²) in [6.07, 6.45) is 3.49. The second-order valence-corrected chi connectivity index (χ2v) is 18.1. The molecule has 4 aliphatic heterocycles. The van der Waals surface area contributed by atoms with E-state index in [4.69, 9.17) is 5.10 Å². The van der Waals surface area contributed by atoms with Gasteiger partial charge >= 0.3 is 6.18 Å². The SMILES string of the molecule is CC(C)(O)c1cc2nn([C@H]3CC[C@H](CN4CCC5(CC4)CN(Nc4cccc6c4C(=O)N(C4CCC(=O)NC4=O)C6=O)C5)CC3)cc2cc1NC(=O)c1cccc(C(F)(F)F)n1. The molecule has 1 saturated carbocycles. The van der Waals surface area contributed by atoms with E-state index in [-0.39, 0.29) is 41.1 Å². The molecular formula is C44H48F3N9O6. The van der Waals surface area contributed by atoms with Crippen molar-refractivity contribution in [1.29, 1.82) is 0 Å². The number of halogens is 3. The minimum absolute atomic E-state index is 0.0642. The molecule has 4 fully saturated rings. The Morgan fingerprint density at radius 1 is 0.935 bits per heavy atom. The molecule has 18 heteroatoms. The van der Waals surface area contributed by atoms with Crippen LogP contribution in [0, 0.1) is 11.3 Å². The molecule has 2 aromatic carbocycles. The molecule has 5 aliphatic rings. The number of pyridine rings is 1. The number of hydrogen-bond donors (Lipinski definition) is 4. The van der Waals surface area contributed by atoms with E-state index in [2.05, 4.69) is 31.0 Å². The van der Waals surface area contributed by atoms with E-state index >= 15 is 0 Å². The summed E-state index contributed by atoms with van der Waals surface area (Å²) in [6, 6.07) is 10.8. The molecule has 4 N–H and O–H groups in total. The molecule has 5 amide bonds. The lowest BCUT2D eigenvalue weighted by Crippen LogP contribution is -2.62. The Kier molecular flexibility index (Phi) is 10.5. The second-order valence-electron chi connectivity index (χ2n) is 18.1.